The maximum absolute atomic E-state index is 13.1. The van der Waals surface area contributed by atoms with Crippen molar-refractivity contribution in [1.82, 2.24) is 9.69 Å². The number of nitrogens with one attached hydrogen (secondary N) is 1. The van der Waals surface area contributed by atoms with E-state index in [0.717, 1.165) is 21.6 Å². The van der Waals surface area contributed by atoms with Gasteiger partial charge in [0, 0.05) is 18.2 Å². The van der Waals surface area contributed by atoms with Crippen LogP contribution in [0.15, 0.2) is 58.8 Å². The summed E-state index contributed by atoms with van der Waals surface area (Å²) >= 11 is 1.30. The van der Waals surface area contributed by atoms with Crippen molar-refractivity contribution >= 4 is 28.9 Å². The Labute approximate surface area is 189 Å². The van der Waals surface area contributed by atoms with Crippen molar-refractivity contribution in [2.45, 2.75) is 20.5 Å². The van der Waals surface area contributed by atoms with Gasteiger partial charge in [0.25, 0.3) is 5.91 Å². The molecule has 0 radical (unpaired) electrons. The maximum Gasteiger partial charge on any atom is 0.273 e. The van der Waals surface area contributed by atoms with E-state index in [0.29, 0.717) is 17.0 Å². The second kappa shape index (κ2) is 10.6. The molecule has 1 heterocycles. The number of nitrogens with zero attached hydrogens (tertiary/aromatic N) is 3. The van der Waals surface area contributed by atoms with Gasteiger partial charge in [0.15, 0.2) is 5.71 Å². The third kappa shape index (κ3) is 5.36. The Morgan fingerprint density at radius 2 is 1.94 bits per heavy atom. The highest BCUT2D eigenvalue weighted by Gasteiger charge is 2.19. The van der Waals surface area contributed by atoms with Gasteiger partial charge in [-0.25, -0.2) is 4.39 Å². The number of benzene rings is 2. The van der Waals surface area contributed by atoms with Gasteiger partial charge in [0.05, 0.1) is 4.88 Å². The normalized spacial score (nSPS) is 11.9. The van der Waals surface area contributed by atoms with Gasteiger partial charge < -0.3 is 15.0 Å². The van der Waals surface area contributed by atoms with E-state index in [1.165, 1.54) is 37.8 Å². The topological polar surface area (TPSA) is 85.2 Å². The van der Waals surface area contributed by atoms with E-state index in [1.54, 1.807) is 25.1 Å². The van der Waals surface area contributed by atoms with Crippen molar-refractivity contribution in [2.24, 2.45) is 10.3 Å². The molecule has 0 atom stereocenters. The predicted molar refractivity (Wildman–Crippen MR) is 123 cm³/mol. The van der Waals surface area contributed by atoms with Crippen LogP contribution in [0.2, 0.25) is 0 Å². The molecule has 0 fully saturated rings. The van der Waals surface area contributed by atoms with Crippen molar-refractivity contribution in [3.8, 4) is 10.4 Å². The Bertz CT molecular complexity index is 1160. The van der Waals surface area contributed by atoms with Crippen molar-refractivity contribution in [2.75, 3.05) is 14.2 Å². The summed E-state index contributed by atoms with van der Waals surface area (Å²) in [5.41, 5.74) is 4.61. The minimum Gasteiger partial charge on any atom is -0.398 e. The summed E-state index contributed by atoms with van der Waals surface area (Å²) in [6.07, 6.45) is 0. The summed E-state index contributed by atoms with van der Waals surface area (Å²) in [7, 11) is 2.91. The zero-order chi connectivity index (χ0) is 23.1. The first-order chi connectivity index (χ1) is 15.4. The fourth-order valence-corrected chi connectivity index (χ4v) is 3.76. The summed E-state index contributed by atoms with van der Waals surface area (Å²) in [5, 5.41) is 10.6. The Kier molecular flexibility index (Phi) is 7.67. The van der Waals surface area contributed by atoms with E-state index < -0.39 is 0 Å². The third-order valence-electron chi connectivity index (χ3n) is 4.71. The molecule has 0 spiro atoms. The molecule has 0 aliphatic rings. The molecule has 0 aliphatic carbocycles. The minimum atomic E-state index is -0.367. The molecule has 3 aromatic rings. The number of rotatable bonds is 8. The lowest BCUT2D eigenvalue weighted by Gasteiger charge is -2.12. The number of amides is 1. The Balaban J connectivity index is 1.78. The first kappa shape index (κ1) is 23.1. The number of aromatic nitrogens is 1. The molecule has 1 amide bonds. The highest BCUT2D eigenvalue weighted by molar-refractivity contribution is 7.09. The second-order valence-corrected chi connectivity index (χ2v) is 7.64. The molecular formula is C23H23FN4O3S. The van der Waals surface area contributed by atoms with Gasteiger partial charge >= 0.3 is 0 Å². The van der Waals surface area contributed by atoms with Gasteiger partial charge in [-0.2, -0.15) is 4.37 Å². The van der Waals surface area contributed by atoms with Gasteiger partial charge in [0.1, 0.15) is 30.9 Å². The van der Waals surface area contributed by atoms with Gasteiger partial charge in [-0.05, 0) is 54.7 Å². The molecule has 0 bridgehead atoms. The lowest BCUT2D eigenvalue weighted by molar-refractivity contribution is -0.114. The number of hydrogen-bond donors (Lipinski definition) is 1. The summed E-state index contributed by atoms with van der Waals surface area (Å²) in [4.78, 5) is 23.6. The molecule has 3 rings (SSSR count). The summed E-state index contributed by atoms with van der Waals surface area (Å²) in [5.74, 6) is -0.649. The predicted octanol–water partition coefficient (Wildman–Crippen LogP) is 4.29. The van der Waals surface area contributed by atoms with Crippen molar-refractivity contribution in [3.63, 3.8) is 0 Å². The number of aryl methyl sites for hydroxylation is 1. The minimum absolute atomic E-state index is 0.133. The molecule has 166 valence electrons. The Morgan fingerprint density at radius 3 is 2.62 bits per heavy atom. The van der Waals surface area contributed by atoms with E-state index in [1.807, 2.05) is 25.1 Å². The van der Waals surface area contributed by atoms with Gasteiger partial charge in [0.2, 0.25) is 0 Å². The largest absolute Gasteiger partial charge is 0.398 e. The zero-order valence-electron chi connectivity index (χ0n) is 18.2. The standard InChI is InChI=1S/C23H23FN4O3S/c1-14-6-5-7-18(22(27-30-4)23(29)25-3)19(14)13-31-26-15(2)20-12-21(32-28-20)16-8-10-17(24)11-9-16/h5-12H,13H2,1-4H3,(H,25,29)/b26-15+,27-22+. The molecule has 7 nitrogen and oxygen atoms in total. The van der Waals surface area contributed by atoms with Crippen molar-refractivity contribution in [1.29, 1.82) is 0 Å². The van der Waals surface area contributed by atoms with Crippen molar-refractivity contribution in [3.05, 3.63) is 76.7 Å². The zero-order valence-corrected chi connectivity index (χ0v) is 19.0. The van der Waals surface area contributed by atoms with Crippen LogP contribution in [0, 0.1) is 12.7 Å². The smallest absolute Gasteiger partial charge is 0.273 e. The van der Waals surface area contributed by atoms with E-state index in [2.05, 4.69) is 20.0 Å². The van der Waals surface area contributed by atoms with Gasteiger partial charge in [-0.15, -0.1) is 0 Å². The summed E-state index contributed by atoms with van der Waals surface area (Å²) < 4.78 is 17.6. The van der Waals surface area contributed by atoms with Gasteiger partial charge in [-0.1, -0.05) is 40.6 Å². The van der Waals surface area contributed by atoms with Gasteiger partial charge in [-0.3, -0.25) is 4.79 Å². The first-order valence-corrected chi connectivity index (χ1v) is 10.5. The van der Waals surface area contributed by atoms with E-state index >= 15 is 0 Å². The number of carbonyl (C=O) groups is 1. The fourth-order valence-electron chi connectivity index (χ4n) is 2.97. The van der Waals surface area contributed by atoms with Crippen LogP contribution in [0.5, 0.6) is 0 Å². The molecule has 0 aliphatic heterocycles. The molecule has 0 unspecified atom stereocenters. The van der Waals surface area contributed by atoms with Crippen LogP contribution in [0.3, 0.4) is 0 Å². The molecule has 0 saturated carbocycles. The maximum atomic E-state index is 13.1. The third-order valence-corrected chi connectivity index (χ3v) is 5.55. The lowest BCUT2D eigenvalue weighted by Crippen LogP contribution is -2.29. The number of halogens is 1. The SMILES string of the molecule is CNC(=O)/C(=N/OC)c1cccc(C)c1CO/N=C(\C)c1cc(-c2ccc(F)cc2)sn1. The summed E-state index contributed by atoms with van der Waals surface area (Å²) in [6.45, 7) is 3.85. The Morgan fingerprint density at radius 1 is 1.19 bits per heavy atom. The molecule has 9 heteroatoms. The number of likely N-dealkylation sites (N-methyl/N-ethyl adjacent to an activating group) is 1. The fraction of sp³-hybridized carbons (Fsp3) is 0.217. The molecule has 32 heavy (non-hydrogen) atoms. The van der Waals surface area contributed by atoms with Crippen molar-refractivity contribution < 1.29 is 18.9 Å². The lowest BCUT2D eigenvalue weighted by atomic mass is 9.98. The number of oxime groups is 2. The average Bonchev–Trinajstić information content (AvgIpc) is 3.29. The quantitative estimate of drug-likeness (QED) is 0.406. The van der Waals surface area contributed by atoms with E-state index in [4.69, 9.17) is 9.68 Å². The highest BCUT2D eigenvalue weighted by Crippen LogP contribution is 2.25. The monoisotopic (exact) mass is 454 g/mol. The molecular weight excluding hydrogens is 431 g/mol. The second-order valence-electron chi connectivity index (χ2n) is 6.84. The average molecular weight is 455 g/mol. The molecule has 1 aromatic heterocycles. The van der Waals surface area contributed by atoms with Crippen LogP contribution >= 0.6 is 11.5 Å². The van der Waals surface area contributed by atoms with Crippen LogP contribution in [0.25, 0.3) is 10.4 Å². The Hall–Kier alpha value is -3.59. The molecule has 2 aromatic carbocycles. The molecule has 0 saturated heterocycles. The van der Waals surface area contributed by atoms with E-state index in [-0.39, 0.29) is 24.0 Å². The van der Waals surface area contributed by atoms with Crippen LogP contribution in [-0.2, 0) is 21.1 Å². The summed E-state index contributed by atoms with van der Waals surface area (Å²) in [6, 6.07) is 13.7. The highest BCUT2D eigenvalue weighted by atomic mass is 32.1. The van der Waals surface area contributed by atoms with Crippen LogP contribution in [0.4, 0.5) is 4.39 Å². The van der Waals surface area contributed by atoms with Crippen LogP contribution in [0.1, 0.15) is 29.3 Å². The van der Waals surface area contributed by atoms with Crippen LogP contribution in [-0.4, -0.2) is 35.9 Å². The van der Waals surface area contributed by atoms with E-state index in [9.17, 15) is 9.18 Å². The van der Waals surface area contributed by atoms with Crippen LogP contribution < -0.4 is 5.32 Å². The molecule has 1 N–H and O–H groups in total. The number of hydrogen-bond acceptors (Lipinski definition) is 7. The first-order valence-electron chi connectivity index (χ1n) is 9.76. The number of carbonyl (C=O) groups excluding carboxylic acids is 1.